The van der Waals surface area contributed by atoms with Gasteiger partial charge in [-0.2, -0.15) is 0 Å². The van der Waals surface area contributed by atoms with Crippen molar-refractivity contribution in [1.29, 1.82) is 0 Å². The molecule has 7 nitrogen and oxygen atoms in total. The molecule has 1 aromatic heterocycles. The Morgan fingerprint density at radius 1 is 1.60 bits per heavy atom. The maximum Gasteiger partial charge on any atom is 0.356 e. The summed E-state index contributed by atoms with van der Waals surface area (Å²) in [7, 11) is 1.30. The number of carbonyl (C=O) groups excluding carboxylic acids is 1. The number of pyridine rings is 1. The van der Waals surface area contributed by atoms with Gasteiger partial charge in [0.15, 0.2) is 0 Å². The van der Waals surface area contributed by atoms with E-state index in [0.29, 0.717) is 19.7 Å². The predicted molar refractivity (Wildman–Crippen MR) is 69.8 cm³/mol. The number of methoxy groups -OCH3 is 1. The first kappa shape index (κ1) is 14.3. The van der Waals surface area contributed by atoms with Crippen molar-refractivity contribution >= 4 is 17.6 Å². The smallest absolute Gasteiger partial charge is 0.356 e. The van der Waals surface area contributed by atoms with Crippen molar-refractivity contribution in [2.75, 3.05) is 31.7 Å². The number of carboxylic acids is 1. The molecule has 2 rings (SSSR count). The molecule has 7 heteroatoms. The zero-order valence-corrected chi connectivity index (χ0v) is 11.1. The van der Waals surface area contributed by atoms with E-state index in [9.17, 15) is 9.59 Å². The van der Waals surface area contributed by atoms with Gasteiger partial charge in [-0.25, -0.2) is 9.78 Å². The van der Waals surface area contributed by atoms with Crippen molar-refractivity contribution in [1.82, 2.24) is 4.98 Å². The minimum Gasteiger partial charge on any atom is -0.481 e. The van der Waals surface area contributed by atoms with E-state index < -0.39 is 11.9 Å². The molecule has 1 atom stereocenters. The number of esters is 1. The van der Waals surface area contributed by atoms with Crippen molar-refractivity contribution in [3.05, 3.63) is 24.0 Å². The number of hydrogen-bond acceptors (Lipinski definition) is 6. The summed E-state index contributed by atoms with van der Waals surface area (Å²) in [4.78, 5) is 28.1. The van der Waals surface area contributed by atoms with E-state index in [1.807, 2.05) is 4.90 Å². The first-order valence-corrected chi connectivity index (χ1v) is 6.23. The van der Waals surface area contributed by atoms with E-state index >= 15 is 0 Å². The minimum atomic E-state index is -0.887. The van der Waals surface area contributed by atoms with E-state index in [1.54, 1.807) is 12.1 Å². The summed E-state index contributed by atoms with van der Waals surface area (Å²) in [5.74, 6) is -1.39. The average molecular weight is 280 g/mol. The molecule has 20 heavy (non-hydrogen) atoms. The van der Waals surface area contributed by atoms with Crippen molar-refractivity contribution in [2.45, 2.75) is 12.5 Å². The van der Waals surface area contributed by atoms with E-state index in [1.165, 1.54) is 13.3 Å². The largest absolute Gasteiger partial charge is 0.481 e. The highest BCUT2D eigenvalue weighted by atomic mass is 16.5. The van der Waals surface area contributed by atoms with Gasteiger partial charge >= 0.3 is 11.9 Å². The Kier molecular flexibility index (Phi) is 4.52. The third-order valence-corrected chi connectivity index (χ3v) is 3.04. The molecule has 1 saturated heterocycles. The van der Waals surface area contributed by atoms with Gasteiger partial charge in [0.1, 0.15) is 5.69 Å². The Balaban J connectivity index is 2.10. The lowest BCUT2D eigenvalue weighted by atomic mass is 10.2. The van der Waals surface area contributed by atoms with Gasteiger partial charge in [0.2, 0.25) is 0 Å². The zero-order chi connectivity index (χ0) is 14.5. The van der Waals surface area contributed by atoms with Crippen molar-refractivity contribution < 1.29 is 24.2 Å². The van der Waals surface area contributed by atoms with Gasteiger partial charge in [-0.1, -0.05) is 0 Å². The van der Waals surface area contributed by atoms with Crippen LogP contribution in [-0.4, -0.2) is 54.9 Å². The topological polar surface area (TPSA) is 89.0 Å². The number of morpholine rings is 1. The van der Waals surface area contributed by atoms with Crippen LogP contribution in [0, 0.1) is 0 Å². The van der Waals surface area contributed by atoms with Gasteiger partial charge < -0.3 is 19.5 Å². The SMILES string of the molecule is COC(=O)c1cc(N2CCOC(CC(=O)O)C2)ccn1. The minimum absolute atomic E-state index is 0.0363. The molecule has 0 spiro atoms. The fourth-order valence-corrected chi connectivity index (χ4v) is 2.10. The van der Waals surface area contributed by atoms with Gasteiger partial charge in [-0.3, -0.25) is 4.79 Å². The van der Waals surface area contributed by atoms with Crippen LogP contribution < -0.4 is 4.90 Å². The van der Waals surface area contributed by atoms with Crippen LogP contribution >= 0.6 is 0 Å². The van der Waals surface area contributed by atoms with Crippen LogP contribution in [0.3, 0.4) is 0 Å². The van der Waals surface area contributed by atoms with Crippen LogP contribution in [-0.2, 0) is 14.3 Å². The summed E-state index contributed by atoms with van der Waals surface area (Å²) < 4.78 is 10.0. The van der Waals surface area contributed by atoms with Crippen molar-refractivity contribution in [3.63, 3.8) is 0 Å². The average Bonchev–Trinajstić information content (AvgIpc) is 2.46. The van der Waals surface area contributed by atoms with Gasteiger partial charge in [0, 0.05) is 25.0 Å². The summed E-state index contributed by atoms with van der Waals surface area (Å²) in [6.45, 7) is 1.56. The van der Waals surface area contributed by atoms with Crippen LogP contribution in [0.25, 0.3) is 0 Å². The van der Waals surface area contributed by atoms with E-state index in [0.717, 1.165) is 5.69 Å². The van der Waals surface area contributed by atoms with Crippen LogP contribution in [0.1, 0.15) is 16.9 Å². The van der Waals surface area contributed by atoms with Crippen molar-refractivity contribution in [2.24, 2.45) is 0 Å². The summed E-state index contributed by atoms with van der Waals surface area (Å²) in [5.41, 5.74) is 1.03. The maximum absolute atomic E-state index is 11.5. The second kappa shape index (κ2) is 6.33. The Morgan fingerprint density at radius 3 is 3.10 bits per heavy atom. The Labute approximate surface area is 116 Å². The second-order valence-electron chi connectivity index (χ2n) is 4.43. The quantitative estimate of drug-likeness (QED) is 0.805. The summed E-state index contributed by atoms with van der Waals surface area (Å²) >= 11 is 0. The Hall–Kier alpha value is -2.15. The summed E-state index contributed by atoms with van der Waals surface area (Å²) in [6.07, 6.45) is 1.14. The molecule has 2 heterocycles. The number of ether oxygens (including phenoxy) is 2. The monoisotopic (exact) mass is 280 g/mol. The zero-order valence-electron chi connectivity index (χ0n) is 11.1. The lowest BCUT2D eigenvalue weighted by Crippen LogP contribution is -2.43. The molecule has 0 aliphatic carbocycles. The molecular formula is C13H16N2O5. The van der Waals surface area contributed by atoms with Gasteiger partial charge in [0.05, 0.1) is 26.2 Å². The van der Waals surface area contributed by atoms with Gasteiger partial charge in [-0.05, 0) is 12.1 Å². The standard InChI is InChI=1S/C13H16N2O5/c1-19-13(18)11-6-9(2-3-14-11)15-4-5-20-10(8-15)7-12(16)17/h2-3,6,10H,4-5,7-8H2,1H3,(H,16,17). The molecule has 0 radical (unpaired) electrons. The molecule has 1 aliphatic heterocycles. The first-order valence-electron chi connectivity index (χ1n) is 6.23. The maximum atomic E-state index is 11.5. The van der Waals surface area contributed by atoms with Crippen LogP contribution in [0.15, 0.2) is 18.3 Å². The van der Waals surface area contributed by atoms with E-state index in [-0.39, 0.29) is 18.2 Å². The molecule has 1 aliphatic rings. The number of nitrogens with zero attached hydrogens (tertiary/aromatic N) is 2. The number of rotatable bonds is 4. The molecule has 1 unspecified atom stereocenters. The van der Waals surface area contributed by atoms with Crippen LogP contribution in [0.5, 0.6) is 0 Å². The molecule has 0 amide bonds. The molecule has 1 N–H and O–H groups in total. The van der Waals surface area contributed by atoms with Crippen LogP contribution in [0.4, 0.5) is 5.69 Å². The number of anilines is 1. The number of aliphatic carboxylic acids is 1. The third kappa shape index (κ3) is 3.45. The first-order chi connectivity index (χ1) is 9.60. The molecule has 1 aromatic rings. The molecule has 0 aromatic carbocycles. The van der Waals surface area contributed by atoms with E-state index in [4.69, 9.17) is 9.84 Å². The van der Waals surface area contributed by atoms with Gasteiger partial charge in [0.25, 0.3) is 0 Å². The van der Waals surface area contributed by atoms with Crippen molar-refractivity contribution in [3.8, 4) is 0 Å². The van der Waals surface area contributed by atoms with E-state index in [2.05, 4.69) is 9.72 Å². The number of carbonyl (C=O) groups is 2. The number of aromatic nitrogens is 1. The third-order valence-electron chi connectivity index (χ3n) is 3.04. The molecular weight excluding hydrogens is 264 g/mol. The fourth-order valence-electron chi connectivity index (χ4n) is 2.10. The summed E-state index contributed by atoms with van der Waals surface area (Å²) in [5, 5.41) is 8.80. The molecule has 1 fully saturated rings. The predicted octanol–water partition coefficient (Wildman–Crippen LogP) is 0.548. The highest BCUT2D eigenvalue weighted by Gasteiger charge is 2.23. The highest BCUT2D eigenvalue weighted by molar-refractivity contribution is 5.88. The van der Waals surface area contributed by atoms with Gasteiger partial charge in [-0.15, -0.1) is 0 Å². The molecule has 0 saturated carbocycles. The lowest BCUT2D eigenvalue weighted by Gasteiger charge is -2.34. The molecule has 0 bridgehead atoms. The van der Waals surface area contributed by atoms with Crippen LogP contribution in [0.2, 0.25) is 0 Å². The Morgan fingerprint density at radius 2 is 2.40 bits per heavy atom. The number of carboxylic acid groups (broad SMARTS) is 1. The highest BCUT2D eigenvalue weighted by Crippen LogP contribution is 2.19. The Bertz CT molecular complexity index is 505. The fraction of sp³-hybridized carbons (Fsp3) is 0.462. The summed E-state index contributed by atoms with van der Waals surface area (Å²) in [6, 6.07) is 3.41. The second-order valence-corrected chi connectivity index (χ2v) is 4.43. The lowest BCUT2D eigenvalue weighted by molar-refractivity contribution is -0.140. The number of hydrogen-bond donors (Lipinski definition) is 1. The molecule has 108 valence electrons. The normalized spacial score (nSPS) is 18.6.